The first-order chi connectivity index (χ1) is 5.97. The van der Waals surface area contributed by atoms with E-state index in [1.165, 1.54) is 38.5 Å². The molecular formula is C12H22Co. The van der Waals surface area contributed by atoms with Crippen molar-refractivity contribution in [1.29, 1.82) is 0 Å². The van der Waals surface area contributed by atoms with Crippen molar-refractivity contribution in [2.45, 2.75) is 64.2 Å². The van der Waals surface area contributed by atoms with Crippen molar-refractivity contribution in [2.75, 3.05) is 0 Å². The fourth-order valence-electron chi connectivity index (χ4n) is 3.21. The van der Waals surface area contributed by atoms with Gasteiger partial charge in [-0.3, -0.25) is 0 Å². The zero-order chi connectivity index (χ0) is 8.23. The molecule has 0 unspecified atom stereocenters. The molecule has 1 heteroatoms. The maximum Gasteiger partial charge on any atom is 0 e. The van der Waals surface area contributed by atoms with Crippen LogP contribution in [0.15, 0.2) is 0 Å². The molecule has 79 valence electrons. The van der Waals surface area contributed by atoms with Crippen LogP contribution in [0, 0.1) is 11.8 Å². The molecule has 2 aliphatic carbocycles. The van der Waals surface area contributed by atoms with Crippen LogP contribution in [0.25, 0.3) is 0 Å². The first-order valence-electron chi connectivity index (χ1n) is 5.97. The molecule has 0 bridgehead atoms. The van der Waals surface area contributed by atoms with Crippen LogP contribution in [0.3, 0.4) is 0 Å². The summed E-state index contributed by atoms with van der Waals surface area (Å²) in [6, 6.07) is 0. The topological polar surface area (TPSA) is 0 Å². The predicted molar refractivity (Wildman–Crippen MR) is 53.2 cm³/mol. The van der Waals surface area contributed by atoms with Crippen molar-refractivity contribution in [1.82, 2.24) is 0 Å². The van der Waals surface area contributed by atoms with Crippen molar-refractivity contribution >= 4 is 0 Å². The third-order valence-electron chi connectivity index (χ3n) is 3.97. The summed E-state index contributed by atoms with van der Waals surface area (Å²) in [5, 5.41) is 0. The smallest absolute Gasteiger partial charge is 0 e. The molecule has 0 atom stereocenters. The van der Waals surface area contributed by atoms with E-state index >= 15 is 0 Å². The van der Waals surface area contributed by atoms with Crippen molar-refractivity contribution < 1.29 is 16.8 Å². The summed E-state index contributed by atoms with van der Waals surface area (Å²) in [4.78, 5) is 0. The molecule has 0 heterocycles. The predicted octanol–water partition coefficient (Wildman–Crippen LogP) is 4.14. The molecule has 0 saturated heterocycles. The zero-order valence-electron chi connectivity index (χ0n) is 8.56. The molecule has 13 heavy (non-hydrogen) atoms. The Morgan fingerprint density at radius 3 is 1.08 bits per heavy atom. The molecule has 2 fully saturated rings. The molecule has 2 rings (SSSR count). The molecule has 0 aromatic heterocycles. The van der Waals surface area contributed by atoms with Gasteiger partial charge in [0.2, 0.25) is 0 Å². The van der Waals surface area contributed by atoms with Crippen LogP contribution in [0.4, 0.5) is 0 Å². The molecule has 2 saturated carbocycles. The number of hydrogen-bond acceptors (Lipinski definition) is 0. The van der Waals surface area contributed by atoms with Gasteiger partial charge in [-0.05, 0) is 11.8 Å². The van der Waals surface area contributed by atoms with Gasteiger partial charge >= 0.3 is 0 Å². The molecule has 0 nitrogen and oxygen atoms in total. The summed E-state index contributed by atoms with van der Waals surface area (Å²) >= 11 is 0. The molecule has 2 aliphatic rings. The Labute approximate surface area is 93.1 Å². The van der Waals surface area contributed by atoms with E-state index in [-0.39, 0.29) is 16.8 Å². The summed E-state index contributed by atoms with van der Waals surface area (Å²) < 4.78 is 0. The summed E-state index contributed by atoms with van der Waals surface area (Å²) in [6.07, 6.45) is 15.4. The molecule has 0 amide bonds. The van der Waals surface area contributed by atoms with Crippen molar-refractivity contribution in [3.05, 3.63) is 0 Å². The minimum absolute atomic E-state index is 0. The maximum absolute atomic E-state index is 1.56. The van der Waals surface area contributed by atoms with Gasteiger partial charge in [-0.1, -0.05) is 64.2 Å². The Morgan fingerprint density at radius 2 is 0.769 bits per heavy atom. The van der Waals surface area contributed by atoms with Gasteiger partial charge < -0.3 is 0 Å². The van der Waals surface area contributed by atoms with Crippen LogP contribution in [0.5, 0.6) is 0 Å². The summed E-state index contributed by atoms with van der Waals surface area (Å²) in [5.41, 5.74) is 0. The normalized spacial score (nSPS) is 26.8. The standard InChI is InChI=1S/C12H22.Co/c1-3-7-11(8-4-1)12-9-5-2-6-10-12;/h11-12H,1-10H2;. The van der Waals surface area contributed by atoms with Gasteiger partial charge in [0.1, 0.15) is 0 Å². The largest absolute Gasteiger partial charge is 0.0533 e. The second-order valence-electron chi connectivity index (χ2n) is 4.80. The van der Waals surface area contributed by atoms with Crippen molar-refractivity contribution in [2.24, 2.45) is 11.8 Å². The van der Waals surface area contributed by atoms with Gasteiger partial charge in [-0.25, -0.2) is 0 Å². The van der Waals surface area contributed by atoms with Crippen LogP contribution >= 0.6 is 0 Å². The molecule has 0 N–H and O–H groups in total. The molecular weight excluding hydrogens is 203 g/mol. The molecule has 1 radical (unpaired) electrons. The second-order valence-corrected chi connectivity index (χ2v) is 4.80. The van der Waals surface area contributed by atoms with Crippen LogP contribution in [0.1, 0.15) is 64.2 Å². The zero-order valence-corrected chi connectivity index (χ0v) is 9.60. The van der Waals surface area contributed by atoms with E-state index in [4.69, 9.17) is 0 Å². The molecule has 0 spiro atoms. The van der Waals surface area contributed by atoms with Crippen molar-refractivity contribution in [3.63, 3.8) is 0 Å². The Balaban J connectivity index is 0.000000845. The van der Waals surface area contributed by atoms with Crippen LogP contribution in [-0.4, -0.2) is 0 Å². The Bertz CT molecular complexity index is 105. The average molecular weight is 225 g/mol. The first kappa shape index (κ1) is 11.6. The van der Waals surface area contributed by atoms with Crippen molar-refractivity contribution in [3.8, 4) is 0 Å². The van der Waals surface area contributed by atoms with Crippen LogP contribution in [0.2, 0.25) is 0 Å². The van der Waals surface area contributed by atoms with E-state index in [1.807, 2.05) is 0 Å². The van der Waals surface area contributed by atoms with E-state index in [1.54, 1.807) is 25.7 Å². The van der Waals surface area contributed by atoms with Crippen LogP contribution in [-0.2, 0) is 16.8 Å². The fourth-order valence-corrected chi connectivity index (χ4v) is 3.21. The second kappa shape index (κ2) is 6.08. The van der Waals surface area contributed by atoms with E-state index in [9.17, 15) is 0 Å². The quantitative estimate of drug-likeness (QED) is 0.629. The van der Waals surface area contributed by atoms with E-state index in [0.717, 1.165) is 11.8 Å². The minimum Gasteiger partial charge on any atom is -0.0533 e. The van der Waals surface area contributed by atoms with Gasteiger partial charge in [0.05, 0.1) is 0 Å². The average Bonchev–Trinajstić information content (AvgIpc) is 2.21. The first-order valence-corrected chi connectivity index (χ1v) is 5.97. The van der Waals surface area contributed by atoms with Gasteiger partial charge in [0.25, 0.3) is 0 Å². The fraction of sp³-hybridized carbons (Fsp3) is 1.00. The van der Waals surface area contributed by atoms with Crippen LogP contribution < -0.4 is 0 Å². The molecule has 0 aromatic rings. The third kappa shape index (κ3) is 3.28. The minimum atomic E-state index is 0. The van der Waals surface area contributed by atoms with Gasteiger partial charge in [-0.2, -0.15) is 0 Å². The number of hydrogen-bond donors (Lipinski definition) is 0. The molecule has 0 aliphatic heterocycles. The van der Waals surface area contributed by atoms with E-state index in [0.29, 0.717) is 0 Å². The Morgan fingerprint density at radius 1 is 0.462 bits per heavy atom. The molecule has 0 aromatic carbocycles. The summed E-state index contributed by atoms with van der Waals surface area (Å²) in [6.45, 7) is 0. The summed E-state index contributed by atoms with van der Waals surface area (Å²) in [5.74, 6) is 2.28. The maximum atomic E-state index is 1.56. The summed E-state index contributed by atoms with van der Waals surface area (Å²) in [7, 11) is 0. The third-order valence-corrected chi connectivity index (χ3v) is 3.97. The SMILES string of the molecule is C1CCC(C2CCCCC2)CC1.[Co]. The van der Waals surface area contributed by atoms with E-state index < -0.39 is 0 Å². The number of rotatable bonds is 1. The van der Waals surface area contributed by atoms with E-state index in [2.05, 4.69) is 0 Å². The van der Waals surface area contributed by atoms with Gasteiger partial charge in [-0.15, -0.1) is 0 Å². The van der Waals surface area contributed by atoms with Gasteiger partial charge in [0.15, 0.2) is 0 Å². The Hall–Kier alpha value is 0.506. The monoisotopic (exact) mass is 225 g/mol. The Kier molecular flexibility index (Phi) is 5.41. The van der Waals surface area contributed by atoms with Gasteiger partial charge in [0, 0.05) is 16.8 Å².